The highest BCUT2D eigenvalue weighted by Crippen LogP contribution is 2.28. The quantitative estimate of drug-likeness (QED) is 0.461. The first-order chi connectivity index (χ1) is 17.0. The first-order valence-corrected chi connectivity index (χ1v) is 11.9. The molecular formula is C26H31N5O4. The number of rotatable bonds is 8. The van der Waals surface area contributed by atoms with E-state index in [1.807, 2.05) is 24.3 Å². The van der Waals surface area contributed by atoms with Crippen molar-refractivity contribution < 1.29 is 18.8 Å². The van der Waals surface area contributed by atoms with Crippen LogP contribution in [0.4, 0.5) is 0 Å². The molecule has 35 heavy (non-hydrogen) atoms. The zero-order chi connectivity index (χ0) is 24.8. The summed E-state index contributed by atoms with van der Waals surface area (Å²) in [5.41, 5.74) is 2.15. The van der Waals surface area contributed by atoms with Crippen LogP contribution in [0.2, 0.25) is 0 Å². The Hall–Kier alpha value is -3.88. The maximum Gasteiger partial charge on any atom is 0.287 e. The molecule has 3 amide bonds. The van der Waals surface area contributed by atoms with Gasteiger partial charge in [0, 0.05) is 32.4 Å². The molecule has 1 aliphatic rings. The summed E-state index contributed by atoms with van der Waals surface area (Å²) in [6.45, 7) is 0.334. The summed E-state index contributed by atoms with van der Waals surface area (Å²) in [5, 5.41) is 12.4. The van der Waals surface area contributed by atoms with Crippen molar-refractivity contribution in [2.45, 2.75) is 44.7 Å². The largest absolute Gasteiger partial charge is 0.451 e. The molecule has 0 radical (unpaired) electrons. The summed E-state index contributed by atoms with van der Waals surface area (Å²) < 4.78 is 7.36. The fourth-order valence-electron chi connectivity index (χ4n) is 4.55. The van der Waals surface area contributed by atoms with E-state index in [1.165, 1.54) is 11.1 Å². The van der Waals surface area contributed by atoms with E-state index in [1.54, 1.807) is 38.5 Å². The van der Waals surface area contributed by atoms with Crippen LogP contribution in [0.25, 0.3) is 11.3 Å². The molecule has 4 rings (SSSR count). The Morgan fingerprint density at radius 2 is 1.89 bits per heavy atom. The highest BCUT2D eigenvalue weighted by Gasteiger charge is 2.31. The second-order valence-corrected chi connectivity index (χ2v) is 8.85. The van der Waals surface area contributed by atoms with Gasteiger partial charge in [0.25, 0.3) is 11.8 Å². The van der Waals surface area contributed by atoms with Crippen LogP contribution < -0.4 is 16.0 Å². The van der Waals surface area contributed by atoms with Crippen LogP contribution in [0.15, 0.2) is 53.1 Å². The Bertz CT molecular complexity index is 1190. The molecule has 1 saturated carbocycles. The number of furan rings is 1. The number of aromatic nitrogens is 2. The summed E-state index contributed by atoms with van der Waals surface area (Å²) in [4.78, 5) is 37.7. The van der Waals surface area contributed by atoms with Crippen LogP contribution in [-0.4, -0.2) is 40.6 Å². The normalized spacial score (nSPS) is 14.8. The van der Waals surface area contributed by atoms with Crippen LogP contribution >= 0.6 is 0 Å². The minimum Gasteiger partial charge on any atom is -0.451 e. The van der Waals surface area contributed by atoms with Gasteiger partial charge in [-0.05, 0) is 48.6 Å². The lowest BCUT2D eigenvalue weighted by Crippen LogP contribution is -2.50. The maximum absolute atomic E-state index is 12.9. The Kier molecular flexibility index (Phi) is 7.64. The lowest BCUT2D eigenvalue weighted by Gasteiger charge is -2.29. The SMILES string of the molecule is CNC(=O)[C@@H](NC(=O)c1ccc(-c2cccc(CNC(=O)c3ccnn3C)c2)o1)C1CCCCC1. The van der Waals surface area contributed by atoms with Gasteiger partial charge in [-0.2, -0.15) is 5.10 Å². The van der Waals surface area contributed by atoms with Gasteiger partial charge in [-0.3, -0.25) is 19.1 Å². The van der Waals surface area contributed by atoms with Crippen LogP contribution in [0.3, 0.4) is 0 Å². The Morgan fingerprint density at radius 3 is 2.60 bits per heavy atom. The Balaban J connectivity index is 1.42. The Morgan fingerprint density at radius 1 is 1.09 bits per heavy atom. The number of aryl methyl sites for hydroxylation is 1. The minimum atomic E-state index is -0.576. The first kappa shape index (κ1) is 24.3. The average Bonchev–Trinajstić information content (AvgIpc) is 3.55. The van der Waals surface area contributed by atoms with Crippen molar-refractivity contribution in [3.05, 3.63) is 65.7 Å². The van der Waals surface area contributed by atoms with Gasteiger partial charge in [0.2, 0.25) is 5.91 Å². The van der Waals surface area contributed by atoms with Crippen molar-refractivity contribution in [2.75, 3.05) is 7.05 Å². The van der Waals surface area contributed by atoms with Crippen molar-refractivity contribution in [1.29, 1.82) is 0 Å². The molecule has 3 N–H and O–H groups in total. The highest BCUT2D eigenvalue weighted by molar-refractivity contribution is 5.96. The fourth-order valence-corrected chi connectivity index (χ4v) is 4.55. The summed E-state index contributed by atoms with van der Waals surface area (Å²) in [5.74, 6) is 0.00739. The van der Waals surface area contributed by atoms with Gasteiger partial charge in [0.1, 0.15) is 17.5 Å². The summed E-state index contributed by atoms with van der Waals surface area (Å²) in [7, 11) is 3.30. The number of hydrogen-bond acceptors (Lipinski definition) is 5. The van der Waals surface area contributed by atoms with Crippen LogP contribution in [-0.2, 0) is 18.4 Å². The molecule has 9 heteroatoms. The number of nitrogens with zero attached hydrogens (tertiary/aromatic N) is 2. The van der Waals surface area contributed by atoms with Crippen molar-refractivity contribution >= 4 is 17.7 Å². The molecule has 1 aliphatic carbocycles. The summed E-state index contributed by atoms with van der Waals surface area (Å²) in [6, 6.07) is 12.0. The maximum atomic E-state index is 12.9. The predicted molar refractivity (Wildman–Crippen MR) is 130 cm³/mol. The first-order valence-electron chi connectivity index (χ1n) is 11.9. The van der Waals surface area contributed by atoms with Crippen LogP contribution in [0, 0.1) is 5.92 Å². The number of carbonyl (C=O) groups excluding carboxylic acids is 3. The zero-order valence-corrected chi connectivity index (χ0v) is 20.0. The van der Waals surface area contributed by atoms with Gasteiger partial charge in [-0.25, -0.2) is 0 Å². The van der Waals surface area contributed by atoms with E-state index in [-0.39, 0.29) is 23.5 Å². The summed E-state index contributed by atoms with van der Waals surface area (Å²) >= 11 is 0. The smallest absolute Gasteiger partial charge is 0.287 e. The molecule has 0 unspecified atom stereocenters. The molecule has 1 atom stereocenters. The Labute approximate surface area is 204 Å². The molecule has 0 aliphatic heterocycles. The number of carbonyl (C=O) groups is 3. The average molecular weight is 478 g/mol. The van der Waals surface area contributed by atoms with Crippen molar-refractivity contribution in [3.63, 3.8) is 0 Å². The standard InChI is InChI=1S/C26H31N5O4/c1-27-26(34)23(18-8-4-3-5-9-18)30-25(33)22-12-11-21(35-22)19-10-6-7-17(15-19)16-28-24(32)20-13-14-29-31(20)2/h6-7,10-15,18,23H,3-5,8-9,16H2,1-2H3,(H,27,34)(H,28,32)(H,30,33)/t23-/m0/s1. The third-order valence-electron chi connectivity index (χ3n) is 6.48. The molecule has 0 saturated heterocycles. The number of nitrogens with one attached hydrogen (secondary N) is 3. The van der Waals surface area contributed by atoms with Gasteiger partial charge < -0.3 is 20.4 Å². The molecule has 2 heterocycles. The second-order valence-electron chi connectivity index (χ2n) is 8.85. The number of likely N-dealkylation sites (N-methyl/N-ethyl adjacent to an activating group) is 1. The van der Waals surface area contributed by atoms with Crippen molar-refractivity contribution in [1.82, 2.24) is 25.7 Å². The molecule has 1 aromatic carbocycles. The summed E-state index contributed by atoms with van der Waals surface area (Å²) in [6.07, 6.45) is 6.72. The number of amides is 3. The van der Waals surface area contributed by atoms with E-state index in [0.29, 0.717) is 18.0 Å². The molecule has 9 nitrogen and oxygen atoms in total. The van der Waals surface area contributed by atoms with Crippen molar-refractivity contribution in [2.24, 2.45) is 13.0 Å². The molecule has 1 fully saturated rings. The minimum absolute atomic E-state index is 0.125. The fraction of sp³-hybridized carbons (Fsp3) is 0.385. The zero-order valence-electron chi connectivity index (χ0n) is 20.0. The van der Waals surface area contributed by atoms with E-state index in [4.69, 9.17) is 4.42 Å². The topological polar surface area (TPSA) is 118 Å². The monoisotopic (exact) mass is 477 g/mol. The van der Waals surface area contributed by atoms with E-state index < -0.39 is 11.9 Å². The van der Waals surface area contributed by atoms with Gasteiger partial charge in [-0.15, -0.1) is 0 Å². The van der Waals surface area contributed by atoms with E-state index in [9.17, 15) is 14.4 Å². The molecule has 0 bridgehead atoms. The van der Waals surface area contributed by atoms with E-state index in [2.05, 4.69) is 21.0 Å². The van der Waals surface area contributed by atoms with Gasteiger partial charge >= 0.3 is 0 Å². The van der Waals surface area contributed by atoms with E-state index >= 15 is 0 Å². The van der Waals surface area contributed by atoms with Crippen molar-refractivity contribution in [3.8, 4) is 11.3 Å². The molecule has 184 valence electrons. The predicted octanol–water partition coefficient (Wildman–Crippen LogP) is 3.03. The lowest BCUT2D eigenvalue weighted by atomic mass is 9.83. The second kappa shape index (κ2) is 11.0. The van der Waals surface area contributed by atoms with Crippen LogP contribution in [0.5, 0.6) is 0 Å². The third-order valence-corrected chi connectivity index (χ3v) is 6.48. The molecule has 0 spiro atoms. The molecular weight excluding hydrogens is 446 g/mol. The third kappa shape index (κ3) is 5.79. The highest BCUT2D eigenvalue weighted by atomic mass is 16.4. The molecule has 3 aromatic rings. The van der Waals surface area contributed by atoms with Gasteiger partial charge in [0.15, 0.2) is 5.76 Å². The number of hydrogen-bond donors (Lipinski definition) is 3. The van der Waals surface area contributed by atoms with E-state index in [0.717, 1.165) is 36.8 Å². The lowest BCUT2D eigenvalue weighted by molar-refractivity contribution is -0.124. The van der Waals surface area contributed by atoms with Gasteiger partial charge in [-0.1, -0.05) is 37.5 Å². The molecule has 2 aromatic heterocycles. The number of benzene rings is 1. The van der Waals surface area contributed by atoms with Crippen LogP contribution in [0.1, 0.15) is 58.7 Å². The van der Waals surface area contributed by atoms with Gasteiger partial charge in [0.05, 0.1) is 0 Å².